The molecule has 0 aromatic rings. The van der Waals surface area contributed by atoms with Crippen molar-refractivity contribution in [3.05, 3.63) is 182 Å². The van der Waals surface area contributed by atoms with Crippen molar-refractivity contribution in [1.82, 2.24) is 0 Å². The molecule has 0 aliphatic heterocycles. The van der Waals surface area contributed by atoms with Gasteiger partial charge in [0.05, 0.1) is 39.3 Å². The number of phosphoric acid groups is 2. The van der Waals surface area contributed by atoms with Crippen LogP contribution in [0.1, 0.15) is 259 Å². The predicted molar refractivity (Wildman–Crippen MR) is 417 cm³/mol. The standard InChI is InChI=1S/C83H132O17P2/c1-5-9-13-17-21-25-29-33-36-37-38-39-42-45-48-52-56-60-64-68-81(86)94-73-78(99-82(87)69-65-61-57-53-49-43-32-28-24-20-16-12-8-4)75-97-101(89,90)95-71-77(84)72-96-102(91,92)98-76-79(100-83(88)70-66-62-58-54-50-46-41-35-31-27-23-19-15-11-7-3)74-93-80(85)67-63-59-55-51-47-44-40-34-30-26-22-18-14-10-6-2/h10-11,14-16,20-23,25-28,32-36,38-41,47,50-51,54,59,62-63,66,77-79,84H,5-9,12-13,17-19,24,29-31,37,42-46,48-49,52-53,55-58,60-61,64-65,67-76H2,1-4H3,(H,89,90)(H,91,92)/b14-10-,15-11-,20-16-,25-21-,26-22-,27-23-,32-28-,36-33-,39-38-,40-34-,41-35-,51-47-,54-50-,63-59-,66-62-. The Kier molecular flexibility index (Phi) is 69.3. The third-order valence-corrected chi connectivity index (χ3v) is 16.8. The molecule has 0 rings (SSSR count). The van der Waals surface area contributed by atoms with Crippen LogP contribution in [-0.4, -0.2) is 96.7 Å². The van der Waals surface area contributed by atoms with Crippen molar-refractivity contribution in [1.29, 1.82) is 0 Å². The molecule has 0 heterocycles. The molecular formula is C83H132O17P2. The van der Waals surface area contributed by atoms with E-state index in [2.05, 4.69) is 161 Å². The topological polar surface area (TPSA) is 237 Å². The molecule has 0 aliphatic rings. The van der Waals surface area contributed by atoms with Crippen LogP contribution >= 0.6 is 15.6 Å². The lowest BCUT2D eigenvalue weighted by Crippen LogP contribution is -2.30. The van der Waals surface area contributed by atoms with E-state index in [0.717, 1.165) is 161 Å². The minimum atomic E-state index is -5.03. The Labute approximate surface area is 615 Å². The third-order valence-electron chi connectivity index (χ3n) is 14.9. The van der Waals surface area contributed by atoms with E-state index in [0.29, 0.717) is 25.7 Å². The summed E-state index contributed by atoms with van der Waals surface area (Å²) in [5, 5.41) is 10.6. The maximum absolute atomic E-state index is 13.1. The molecule has 0 saturated heterocycles. The van der Waals surface area contributed by atoms with Crippen LogP contribution in [0.2, 0.25) is 0 Å². The molecule has 0 spiro atoms. The quantitative estimate of drug-likeness (QED) is 0.0169. The summed E-state index contributed by atoms with van der Waals surface area (Å²) in [6.07, 6.45) is 88.1. The predicted octanol–water partition coefficient (Wildman–Crippen LogP) is 22.0. The highest BCUT2D eigenvalue weighted by Gasteiger charge is 2.30. The highest BCUT2D eigenvalue weighted by Crippen LogP contribution is 2.45. The van der Waals surface area contributed by atoms with Gasteiger partial charge < -0.3 is 33.8 Å². The Morgan fingerprint density at radius 3 is 0.951 bits per heavy atom. The number of aliphatic hydroxyl groups is 1. The summed E-state index contributed by atoms with van der Waals surface area (Å²) in [4.78, 5) is 72.7. The zero-order valence-corrected chi connectivity index (χ0v) is 64.5. The van der Waals surface area contributed by atoms with Crippen molar-refractivity contribution < 1.29 is 80.2 Å². The average molecular weight is 1460 g/mol. The molecule has 5 unspecified atom stereocenters. The molecule has 0 bridgehead atoms. The first kappa shape index (κ1) is 96.2. The van der Waals surface area contributed by atoms with Crippen molar-refractivity contribution in [2.45, 2.75) is 277 Å². The van der Waals surface area contributed by atoms with Crippen LogP contribution in [0.5, 0.6) is 0 Å². The van der Waals surface area contributed by atoms with Gasteiger partial charge in [0.2, 0.25) is 0 Å². The van der Waals surface area contributed by atoms with Gasteiger partial charge in [0.1, 0.15) is 19.3 Å². The van der Waals surface area contributed by atoms with Crippen molar-refractivity contribution in [2.75, 3.05) is 39.6 Å². The second-order valence-electron chi connectivity index (χ2n) is 24.5. The Balaban J connectivity index is 5.50. The van der Waals surface area contributed by atoms with Crippen molar-refractivity contribution in [3.8, 4) is 0 Å². The summed E-state index contributed by atoms with van der Waals surface area (Å²) in [7, 11) is -10.0. The summed E-state index contributed by atoms with van der Waals surface area (Å²) in [6.45, 7) is 4.25. The van der Waals surface area contributed by atoms with Crippen molar-refractivity contribution in [2.24, 2.45) is 0 Å². The first-order valence-electron chi connectivity index (χ1n) is 38.0. The summed E-state index contributed by atoms with van der Waals surface area (Å²) in [5.41, 5.74) is 0. The van der Waals surface area contributed by atoms with Crippen LogP contribution in [0.25, 0.3) is 0 Å². The number of aliphatic hydroxyl groups excluding tert-OH is 1. The number of hydrogen-bond acceptors (Lipinski definition) is 15. The van der Waals surface area contributed by atoms with E-state index in [-0.39, 0.29) is 25.7 Å². The molecule has 576 valence electrons. The first-order valence-corrected chi connectivity index (χ1v) is 41.0. The smallest absolute Gasteiger partial charge is 0.462 e. The number of rotatable bonds is 69. The number of unbranched alkanes of at least 4 members (excludes halogenated alkanes) is 15. The molecule has 0 amide bonds. The van der Waals surface area contributed by atoms with Gasteiger partial charge in [-0.05, 0) is 141 Å². The first-order chi connectivity index (χ1) is 49.7. The van der Waals surface area contributed by atoms with Crippen LogP contribution in [0.4, 0.5) is 0 Å². The summed E-state index contributed by atoms with van der Waals surface area (Å²) >= 11 is 0. The zero-order valence-electron chi connectivity index (χ0n) is 62.7. The Morgan fingerprint density at radius 1 is 0.294 bits per heavy atom. The lowest BCUT2D eigenvalue weighted by molar-refractivity contribution is -0.161. The number of carbonyl (C=O) groups is 4. The van der Waals surface area contributed by atoms with Crippen LogP contribution in [0.15, 0.2) is 182 Å². The lowest BCUT2D eigenvalue weighted by Gasteiger charge is -2.21. The van der Waals surface area contributed by atoms with Gasteiger partial charge in [-0.1, -0.05) is 274 Å². The maximum Gasteiger partial charge on any atom is 0.472 e. The molecule has 0 aromatic heterocycles. The number of carbonyl (C=O) groups excluding carboxylic acids is 4. The van der Waals surface area contributed by atoms with Crippen molar-refractivity contribution in [3.63, 3.8) is 0 Å². The number of allylic oxidation sites excluding steroid dienone is 28. The minimum absolute atomic E-state index is 0.0643. The molecule has 19 heteroatoms. The molecule has 17 nitrogen and oxygen atoms in total. The fourth-order valence-electron chi connectivity index (χ4n) is 9.18. The highest BCUT2D eigenvalue weighted by atomic mass is 31.2. The molecule has 5 atom stereocenters. The van der Waals surface area contributed by atoms with Gasteiger partial charge in [-0.2, -0.15) is 0 Å². The van der Waals surface area contributed by atoms with E-state index < -0.39 is 97.5 Å². The summed E-state index contributed by atoms with van der Waals surface area (Å²) < 4.78 is 68.2. The molecule has 0 saturated carbocycles. The Morgan fingerprint density at radius 2 is 0.578 bits per heavy atom. The van der Waals surface area contributed by atoms with Gasteiger partial charge in [0.25, 0.3) is 0 Å². The number of phosphoric ester groups is 2. The number of esters is 4. The van der Waals surface area contributed by atoms with Gasteiger partial charge in [-0.15, -0.1) is 0 Å². The minimum Gasteiger partial charge on any atom is -0.462 e. The van der Waals surface area contributed by atoms with Gasteiger partial charge in [0.15, 0.2) is 12.2 Å². The van der Waals surface area contributed by atoms with Gasteiger partial charge in [0, 0.05) is 12.8 Å². The van der Waals surface area contributed by atoms with Crippen LogP contribution < -0.4 is 0 Å². The van der Waals surface area contributed by atoms with E-state index in [1.807, 2.05) is 24.3 Å². The molecule has 102 heavy (non-hydrogen) atoms. The highest BCUT2D eigenvalue weighted by molar-refractivity contribution is 7.47. The zero-order chi connectivity index (χ0) is 74.6. The van der Waals surface area contributed by atoms with E-state index in [9.17, 15) is 43.2 Å². The second-order valence-corrected chi connectivity index (χ2v) is 27.4. The molecule has 0 radical (unpaired) electrons. The SMILES string of the molecule is CC/C=C\C/C=C\C/C=C\C/C=C\C/C=C\CC(=O)OCC(COP(=O)(O)OCC(O)COP(=O)(O)OCC(COC(=O)CCCCCCCC/C=C\C/C=C\C/C=C\CCCCC)OC(=O)CCCCCCC/C=C\C/C=C\CCC)OC(=O)C/C=C\C/C=C\C/C=C\C/C=C\C/C=C\CC. The Hall–Kier alpha value is -5.84. The largest absolute Gasteiger partial charge is 0.472 e. The van der Waals surface area contributed by atoms with E-state index in [1.54, 1.807) is 24.3 Å². The van der Waals surface area contributed by atoms with Gasteiger partial charge in [-0.3, -0.25) is 37.3 Å². The van der Waals surface area contributed by atoms with E-state index in [1.165, 1.54) is 19.3 Å². The number of hydrogen-bond donors (Lipinski definition) is 3. The molecular weight excluding hydrogens is 1330 g/mol. The maximum atomic E-state index is 13.1. The Bertz CT molecular complexity index is 2650. The van der Waals surface area contributed by atoms with Crippen LogP contribution in [0.3, 0.4) is 0 Å². The van der Waals surface area contributed by atoms with Crippen molar-refractivity contribution >= 4 is 39.5 Å². The second kappa shape index (κ2) is 73.5. The molecule has 0 aromatic carbocycles. The summed E-state index contributed by atoms with van der Waals surface area (Å²) in [6, 6.07) is 0. The van der Waals surface area contributed by atoms with E-state index >= 15 is 0 Å². The van der Waals surface area contributed by atoms with E-state index in [4.69, 9.17) is 37.0 Å². The van der Waals surface area contributed by atoms with Gasteiger partial charge in [-0.25, -0.2) is 9.13 Å². The lowest BCUT2D eigenvalue weighted by atomic mass is 10.1. The molecule has 3 N–H and O–H groups in total. The monoisotopic (exact) mass is 1460 g/mol. The molecule has 0 aliphatic carbocycles. The van der Waals surface area contributed by atoms with Crippen LogP contribution in [-0.2, 0) is 65.4 Å². The van der Waals surface area contributed by atoms with Crippen LogP contribution in [0, 0.1) is 0 Å². The normalized spacial score (nSPS) is 14.9. The third kappa shape index (κ3) is 72.5. The average Bonchev–Trinajstić information content (AvgIpc) is 0.919. The van der Waals surface area contributed by atoms with Gasteiger partial charge >= 0.3 is 39.5 Å². The molecule has 0 fully saturated rings. The summed E-state index contributed by atoms with van der Waals surface area (Å²) in [5.74, 6) is -2.52. The fraction of sp³-hybridized carbons (Fsp3) is 0.590. The fourth-order valence-corrected chi connectivity index (χ4v) is 10.8. The number of ether oxygens (including phenoxy) is 4.